The van der Waals surface area contributed by atoms with Gasteiger partial charge >= 0.3 is 5.97 Å². The van der Waals surface area contributed by atoms with Crippen LogP contribution in [0.4, 0.5) is 10.1 Å². The van der Waals surface area contributed by atoms with E-state index in [-0.39, 0.29) is 22.6 Å². The lowest BCUT2D eigenvalue weighted by Crippen LogP contribution is -2.09. The van der Waals surface area contributed by atoms with Crippen molar-refractivity contribution in [3.05, 3.63) is 65.1 Å². The summed E-state index contributed by atoms with van der Waals surface area (Å²) in [6, 6.07) is 9.37. The van der Waals surface area contributed by atoms with Gasteiger partial charge in [-0.1, -0.05) is 23.9 Å². The fourth-order valence-corrected chi connectivity index (χ4v) is 3.23. The molecular weight excluding hydrogens is 381 g/mol. The summed E-state index contributed by atoms with van der Waals surface area (Å²) in [4.78, 5) is 19.9. The predicted molar refractivity (Wildman–Crippen MR) is 110 cm³/mol. The summed E-state index contributed by atoms with van der Waals surface area (Å²) in [5.41, 5.74) is 2.16. The van der Waals surface area contributed by atoms with Crippen LogP contribution >= 0.6 is 11.8 Å². The third kappa shape index (κ3) is 4.07. The smallest absolute Gasteiger partial charge is 0.339 e. The van der Waals surface area contributed by atoms with Crippen LogP contribution in [0.3, 0.4) is 0 Å². The number of hydrogen-bond donors (Lipinski definition) is 3. The molecule has 0 aliphatic heterocycles. The molecule has 6 nitrogen and oxygen atoms in total. The van der Waals surface area contributed by atoms with Gasteiger partial charge in [0.25, 0.3) is 0 Å². The second kappa shape index (κ2) is 8.26. The standard InChI is InChI=1S/C20H18FN3O3S/c1-22-20(28-2)24-16-9-15(19(26)27)18(25)17-14(16)8-12(10-23-17)7-11-3-5-13(21)6-4-11/h3-6,8-10,25H,7H2,1-2H3,(H,22,24)(H,26,27). The largest absolute Gasteiger partial charge is 0.505 e. The van der Waals surface area contributed by atoms with E-state index in [1.807, 2.05) is 12.3 Å². The van der Waals surface area contributed by atoms with Gasteiger partial charge in [-0.15, -0.1) is 0 Å². The summed E-state index contributed by atoms with van der Waals surface area (Å²) in [5.74, 6) is -1.94. The molecule has 8 heteroatoms. The number of aromatic nitrogens is 1. The number of anilines is 1. The number of nitrogens with one attached hydrogen (secondary N) is 1. The van der Waals surface area contributed by atoms with Gasteiger partial charge in [-0.3, -0.25) is 9.98 Å². The van der Waals surface area contributed by atoms with E-state index >= 15 is 0 Å². The number of fused-ring (bicyclic) bond motifs is 1. The van der Waals surface area contributed by atoms with Crippen molar-refractivity contribution in [1.82, 2.24) is 4.98 Å². The average Bonchev–Trinajstić information content (AvgIpc) is 2.69. The minimum Gasteiger partial charge on any atom is -0.505 e. The molecule has 0 saturated heterocycles. The van der Waals surface area contributed by atoms with Crippen LogP contribution in [0.15, 0.2) is 47.6 Å². The molecule has 0 aliphatic carbocycles. The van der Waals surface area contributed by atoms with E-state index in [4.69, 9.17) is 0 Å². The number of aromatic carboxylic acids is 1. The third-order valence-electron chi connectivity index (χ3n) is 4.19. The van der Waals surface area contributed by atoms with E-state index < -0.39 is 5.97 Å². The van der Waals surface area contributed by atoms with Crippen LogP contribution in [0, 0.1) is 5.82 Å². The van der Waals surface area contributed by atoms with Gasteiger partial charge in [-0.25, -0.2) is 9.18 Å². The number of aromatic hydroxyl groups is 1. The van der Waals surface area contributed by atoms with Crippen LogP contribution in [0.25, 0.3) is 10.9 Å². The lowest BCUT2D eigenvalue weighted by molar-refractivity contribution is 0.0694. The molecule has 3 N–H and O–H groups in total. The average molecular weight is 399 g/mol. The van der Waals surface area contributed by atoms with Gasteiger partial charge in [0.2, 0.25) is 0 Å². The van der Waals surface area contributed by atoms with Gasteiger partial charge in [-0.05, 0) is 48.1 Å². The number of pyridine rings is 1. The molecule has 144 valence electrons. The molecule has 0 aliphatic rings. The Morgan fingerprint density at radius 1 is 1.25 bits per heavy atom. The molecule has 0 atom stereocenters. The topological polar surface area (TPSA) is 94.8 Å². The second-order valence-electron chi connectivity index (χ2n) is 6.03. The van der Waals surface area contributed by atoms with Crippen molar-refractivity contribution in [2.24, 2.45) is 4.99 Å². The maximum atomic E-state index is 13.1. The van der Waals surface area contributed by atoms with Crippen LogP contribution in [0.2, 0.25) is 0 Å². The number of carboxylic acid groups (broad SMARTS) is 1. The molecular formula is C20H18FN3O3S. The fraction of sp³-hybridized carbons (Fsp3) is 0.150. The fourth-order valence-electron chi connectivity index (χ4n) is 2.83. The highest BCUT2D eigenvalue weighted by Crippen LogP contribution is 2.34. The highest BCUT2D eigenvalue weighted by molar-refractivity contribution is 8.13. The minimum absolute atomic E-state index is 0.182. The molecule has 0 saturated carbocycles. The molecule has 1 heterocycles. The van der Waals surface area contributed by atoms with E-state index in [2.05, 4.69) is 15.3 Å². The molecule has 0 fully saturated rings. The number of phenols is 1. The Morgan fingerprint density at radius 3 is 2.57 bits per heavy atom. The van der Waals surface area contributed by atoms with E-state index in [0.29, 0.717) is 22.7 Å². The molecule has 2 aromatic carbocycles. The number of carboxylic acids is 1. The quantitative estimate of drug-likeness (QED) is 0.347. The Morgan fingerprint density at radius 2 is 1.96 bits per heavy atom. The van der Waals surface area contributed by atoms with E-state index in [1.165, 1.54) is 30.0 Å². The molecule has 0 unspecified atom stereocenters. The molecule has 3 aromatic rings. The lowest BCUT2D eigenvalue weighted by Gasteiger charge is -2.14. The summed E-state index contributed by atoms with van der Waals surface area (Å²) in [5, 5.41) is 24.0. The molecule has 3 rings (SSSR count). The van der Waals surface area contributed by atoms with Crippen molar-refractivity contribution in [1.29, 1.82) is 0 Å². The van der Waals surface area contributed by atoms with Crippen LogP contribution < -0.4 is 5.32 Å². The van der Waals surface area contributed by atoms with Crippen LogP contribution in [-0.4, -0.2) is 39.6 Å². The van der Waals surface area contributed by atoms with E-state index in [1.54, 1.807) is 25.4 Å². The Balaban J connectivity index is 2.12. The summed E-state index contributed by atoms with van der Waals surface area (Å²) in [6.45, 7) is 0. The first-order valence-corrected chi connectivity index (χ1v) is 9.55. The number of hydrogen-bond acceptors (Lipinski definition) is 5. The summed E-state index contributed by atoms with van der Waals surface area (Å²) in [6.07, 6.45) is 3.93. The SMILES string of the molecule is CN=C(Nc1cc(C(=O)O)c(O)c2ncc(Cc3ccc(F)cc3)cc12)SC. The Hall–Kier alpha value is -3.13. The zero-order chi connectivity index (χ0) is 20.3. The first-order chi connectivity index (χ1) is 13.4. The third-order valence-corrected chi connectivity index (χ3v) is 4.86. The first kappa shape index (κ1) is 19.6. The van der Waals surface area contributed by atoms with Gasteiger partial charge in [0.15, 0.2) is 10.9 Å². The van der Waals surface area contributed by atoms with Crippen molar-refractivity contribution in [3.63, 3.8) is 0 Å². The van der Waals surface area contributed by atoms with Gasteiger partial charge < -0.3 is 15.5 Å². The highest BCUT2D eigenvalue weighted by Gasteiger charge is 2.18. The zero-order valence-electron chi connectivity index (χ0n) is 15.2. The normalized spacial score (nSPS) is 11.6. The first-order valence-electron chi connectivity index (χ1n) is 8.33. The van der Waals surface area contributed by atoms with Crippen molar-refractivity contribution in [2.75, 3.05) is 18.6 Å². The molecule has 0 amide bonds. The van der Waals surface area contributed by atoms with Gasteiger partial charge in [0.05, 0.1) is 5.69 Å². The van der Waals surface area contributed by atoms with E-state index in [0.717, 1.165) is 11.1 Å². The number of amidine groups is 1. The minimum atomic E-state index is -1.25. The van der Waals surface area contributed by atoms with Crippen molar-refractivity contribution in [2.45, 2.75) is 6.42 Å². The number of thioether (sulfide) groups is 1. The molecule has 28 heavy (non-hydrogen) atoms. The van der Waals surface area contributed by atoms with Crippen LogP contribution in [0.5, 0.6) is 5.75 Å². The maximum Gasteiger partial charge on any atom is 0.339 e. The molecule has 0 bridgehead atoms. The van der Waals surface area contributed by atoms with Crippen molar-refractivity contribution >= 4 is 39.5 Å². The van der Waals surface area contributed by atoms with Gasteiger partial charge in [0, 0.05) is 18.6 Å². The Bertz CT molecular complexity index is 1070. The number of nitrogens with zero attached hydrogens (tertiary/aromatic N) is 2. The predicted octanol–water partition coefficient (Wildman–Crippen LogP) is 4.13. The van der Waals surface area contributed by atoms with Gasteiger partial charge in [-0.2, -0.15) is 0 Å². The second-order valence-corrected chi connectivity index (χ2v) is 6.82. The number of rotatable bonds is 4. The molecule has 0 spiro atoms. The maximum absolute atomic E-state index is 13.1. The number of benzene rings is 2. The lowest BCUT2D eigenvalue weighted by atomic mass is 10.0. The summed E-state index contributed by atoms with van der Waals surface area (Å²) < 4.78 is 13.1. The van der Waals surface area contributed by atoms with Crippen molar-refractivity contribution in [3.8, 4) is 5.75 Å². The van der Waals surface area contributed by atoms with Gasteiger partial charge in [0.1, 0.15) is 16.9 Å². The zero-order valence-corrected chi connectivity index (χ0v) is 16.0. The molecule has 0 radical (unpaired) electrons. The summed E-state index contributed by atoms with van der Waals surface area (Å²) in [7, 11) is 1.62. The van der Waals surface area contributed by atoms with Crippen molar-refractivity contribution < 1.29 is 19.4 Å². The monoisotopic (exact) mass is 399 g/mol. The van der Waals surface area contributed by atoms with E-state index in [9.17, 15) is 19.4 Å². The number of halogens is 1. The van der Waals surface area contributed by atoms with Crippen LogP contribution in [0.1, 0.15) is 21.5 Å². The Kier molecular flexibility index (Phi) is 5.79. The van der Waals surface area contributed by atoms with Crippen LogP contribution in [-0.2, 0) is 6.42 Å². The summed E-state index contributed by atoms with van der Waals surface area (Å²) >= 11 is 1.37. The number of carbonyl (C=O) groups is 1. The highest BCUT2D eigenvalue weighted by atomic mass is 32.2. The molecule has 1 aromatic heterocycles. The number of aliphatic imine (C=N–C) groups is 1. The Labute approximate surface area is 165 Å².